The summed E-state index contributed by atoms with van der Waals surface area (Å²) in [5.41, 5.74) is 46.1. The monoisotopic (exact) mass is 1790 g/mol. The minimum atomic E-state index is -0.648. The van der Waals surface area contributed by atoms with Crippen molar-refractivity contribution in [1.82, 2.24) is 0 Å². The van der Waals surface area contributed by atoms with Gasteiger partial charge in [-0.05, 0) is 318 Å². The first-order valence-corrected chi connectivity index (χ1v) is 46.4. The van der Waals surface area contributed by atoms with E-state index in [0.29, 0.717) is 44.5 Å². The molecule has 672 valence electrons. The highest BCUT2D eigenvalue weighted by molar-refractivity contribution is 6.23. The predicted octanol–water partition coefficient (Wildman–Crippen LogP) is 28.0. The summed E-state index contributed by atoms with van der Waals surface area (Å²) in [5, 5.41) is 0. The Kier molecular flexibility index (Phi) is 25.6. The Morgan fingerprint density at radius 1 is 0.219 bits per heavy atom. The first kappa shape index (κ1) is 92.8. The fraction of sp³-hybridized carbons (Fsp3) is 0.150. The van der Waals surface area contributed by atoms with Gasteiger partial charge >= 0.3 is 0 Å². The van der Waals surface area contributed by atoms with Gasteiger partial charge in [-0.3, -0.25) is 47.9 Å². The number of carbonyl (C=O) groups is 10. The summed E-state index contributed by atoms with van der Waals surface area (Å²) in [6.07, 6.45) is 8.25. The van der Waals surface area contributed by atoms with Crippen LogP contribution in [0.25, 0.3) is 66.8 Å². The van der Waals surface area contributed by atoms with E-state index in [1.165, 1.54) is 104 Å². The zero-order valence-corrected chi connectivity index (χ0v) is 80.0. The number of allylic oxidation sites excluding steroid dienone is 8. The van der Waals surface area contributed by atoms with E-state index in [-0.39, 0.29) is 57.8 Å². The van der Waals surface area contributed by atoms with Crippen molar-refractivity contribution in [3.63, 3.8) is 0 Å². The lowest BCUT2D eigenvalue weighted by molar-refractivity contribution is -0.115. The smallest absolute Gasteiger partial charge is 0.194 e. The SMILES string of the molecule is CC(=O)c1cc(C)c(C(C)=O)cc1C.CC1=CC(=O)C(C)=CC1=O.CC1=CC=C(C)C1=O.Cc1ccc(C(=O)c2ccc3c(c2)C2(c4ccccc4-3)c3ccccc3-c3ccc(C(=O)c4ccc(C)cc4)cc32)cc1.Cc1ccc2c(c1)-c1cc(C)ccc1C2=O.Cc1ccc2c(c1)C(=O)c1cc(C)ccc1-2.Cc1ccc2c(c1)Cc1cc(C(=O)c3ccc4c(c3)Cc3cc(C)ccc3-4)ccc1-2. The number of benzene rings is 15. The number of carbonyl (C=O) groups excluding carboxylic acids is 10. The molecule has 0 aliphatic heterocycles. The summed E-state index contributed by atoms with van der Waals surface area (Å²) < 4.78 is 0. The lowest BCUT2D eigenvalue weighted by Crippen LogP contribution is -2.26. The Balaban J connectivity index is 0.000000120. The van der Waals surface area contributed by atoms with Gasteiger partial charge in [-0.2, -0.15) is 0 Å². The molecule has 10 heteroatoms. The molecule has 0 N–H and O–H groups in total. The second kappa shape index (κ2) is 37.8. The molecular weight excluding hydrogens is 1690 g/mol. The van der Waals surface area contributed by atoms with E-state index >= 15 is 0 Å². The Labute approximate surface area is 801 Å². The number of Topliss-reactive ketones (excluding diaryl/α,β-unsaturated/α-hetero) is 3. The lowest BCUT2D eigenvalue weighted by Gasteiger charge is -2.31. The quantitative estimate of drug-likeness (QED) is 0.105. The first-order chi connectivity index (χ1) is 65.6. The molecule has 0 fully saturated rings. The maximum atomic E-state index is 13.8. The fourth-order valence-electron chi connectivity index (χ4n) is 20.0. The summed E-state index contributed by atoms with van der Waals surface area (Å²) in [5.74, 6) is 0.593. The van der Waals surface area contributed by atoms with Crippen LogP contribution in [-0.4, -0.2) is 57.8 Å². The molecule has 8 aliphatic carbocycles. The third-order valence-corrected chi connectivity index (χ3v) is 27.2. The van der Waals surface area contributed by atoms with Gasteiger partial charge in [-0.15, -0.1) is 0 Å². The molecule has 10 nitrogen and oxygen atoms in total. The third kappa shape index (κ3) is 17.9. The van der Waals surface area contributed by atoms with Crippen LogP contribution >= 0.6 is 0 Å². The Hall–Kier alpha value is -16.0. The maximum absolute atomic E-state index is 13.8. The van der Waals surface area contributed by atoms with Crippen LogP contribution in [0.2, 0.25) is 0 Å². The molecule has 0 atom stereocenters. The predicted molar refractivity (Wildman–Crippen MR) is 550 cm³/mol. The summed E-state index contributed by atoms with van der Waals surface area (Å²) in [6, 6.07) is 98.4. The molecular formula is C127H104O10. The van der Waals surface area contributed by atoms with Gasteiger partial charge in [-0.25, -0.2) is 0 Å². The van der Waals surface area contributed by atoms with Crippen molar-refractivity contribution in [3.8, 4) is 66.8 Å². The minimum absolute atomic E-state index is 0.00344. The zero-order valence-electron chi connectivity index (χ0n) is 80.0. The van der Waals surface area contributed by atoms with Gasteiger partial charge in [0.25, 0.3) is 0 Å². The molecule has 137 heavy (non-hydrogen) atoms. The van der Waals surface area contributed by atoms with E-state index in [2.05, 4.69) is 185 Å². The van der Waals surface area contributed by atoms with Crippen LogP contribution in [0.5, 0.6) is 0 Å². The number of hydrogen-bond donors (Lipinski definition) is 0. The van der Waals surface area contributed by atoms with Gasteiger partial charge in [0.2, 0.25) is 0 Å². The summed E-state index contributed by atoms with van der Waals surface area (Å²) in [7, 11) is 0. The molecule has 15 aromatic rings. The highest BCUT2D eigenvalue weighted by atomic mass is 16.2. The molecule has 8 aliphatic rings. The van der Waals surface area contributed by atoms with E-state index < -0.39 is 5.41 Å². The van der Waals surface area contributed by atoms with Crippen LogP contribution < -0.4 is 0 Å². The molecule has 0 saturated heterocycles. The molecule has 15 aromatic carbocycles. The Morgan fingerprint density at radius 3 is 0.839 bits per heavy atom. The number of ketones is 10. The van der Waals surface area contributed by atoms with Crippen LogP contribution in [0.15, 0.2) is 338 Å². The van der Waals surface area contributed by atoms with E-state index in [1.807, 2.05) is 189 Å². The molecule has 0 amide bonds. The largest absolute Gasteiger partial charge is 0.295 e. The van der Waals surface area contributed by atoms with Gasteiger partial charge in [0.15, 0.2) is 57.8 Å². The number of hydrogen-bond acceptors (Lipinski definition) is 10. The van der Waals surface area contributed by atoms with Gasteiger partial charge in [-0.1, -0.05) is 299 Å². The maximum Gasteiger partial charge on any atom is 0.194 e. The van der Waals surface area contributed by atoms with Gasteiger partial charge in [0.1, 0.15) is 0 Å². The second-order valence-electron chi connectivity index (χ2n) is 37.4. The topological polar surface area (TPSA) is 171 Å². The van der Waals surface area contributed by atoms with Crippen molar-refractivity contribution in [2.24, 2.45) is 0 Å². The number of rotatable bonds is 8. The highest BCUT2D eigenvalue weighted by Gasteiger charge is 2.52. The summed E-state index contributed by atoms with van der Waals surface area (Å²) >= 11 is 0. The van der Waals surface area contributed by atoms with Gasteiger partial charge < -0.3 is 0 Å². The Bertz CT molecular complexity index is 7420. The van der Waals surface area contributed by atoms with Crippen LogP contribution in [0, 0.1) is 69.2 Å². The van der Waals surface area contributed by atoms with Crippen molar-refractivity contribution >= 4 is 57.8 Å². The van der Waals surface area contributed by atoms with Crippen LogP contribution in [-0.2, 0) is 32.6 Å². The highest BCUT2D eigenvalue weighted by Crippen LogP contribution is 2.63. The molecule has 0 bridgehead atoms. The van der Waals surface area contributed by atoms with Crippen molar-refractivity contribution in [3.05, 3.63) is 505 Å². The molecule has 0 unspecified atom stereocenters. The van der Waals surface area contributed by atoms with Crippen LogP contribution in [0.4, 0.5) is 0 Å². The van der Waals surface area contributed by atoms with Crippen LogP contribution in [0.3, 0.4) is 0 Å². The lowest BCUT2D eigenvalue weighted by atomic mass is 9.70. The van der Waals surface area contributed by atoms with Crippen molar-refractivity contribution < 1.29 is 47.9 Å². The molecule has 23 rings (SSSR count). The van der Waals surface area contributed by atoms with E-state index in [4.69, 9.17) is 0 Å². The van der Waals surface area contributed by atoms with Crippen molar-refractivity contribution in [2.45, 2.75) is 129 Å². The average molecular weight is 1790 g/mol. The molecule has 0 radical (unpaired) electrons. The molecule has 1 spiro atoms. The molecule has 0 saturated carbocycles. The standard InChI is InChI=1S/C41H28O2.C29H22O.2C15H12O.C12H14O2.C8H8O2.C7H8O/c1-25-11-15-27(16-12-25)39(42)29-19-21-33-31-7-3-5-9-35(31)41(37(33)23-29)36-10-6-4-8-32(36)34-22-20-30(24-38(34)41)40(43)28-17-13-26(2)14-18-28;1-17-3-7-25-21(11-17)15-23-13-19(5-9-27(23)25)29(30)20-6-10-28-24(14-20)16-22-12-18(2)4-8-26(22)28;1-9-3-5-11-13(7-9)14-8-10(2)4-6-12(14)15(11)16;1-9-3-5-11-12-6-4-10(2)8-14(12)15(16)13(11)7-9;1-7-5-12(10(4)14)8(2)6-11(7)9(3)13;1-5-3-8(10)6(2)4-7(5)9;1-5-3-4-6(2)7(5)8/h3-24H,1-2H3;3-14H,15-16H2,1-2H3;2*3-8H,1-2H3;5-6H,1-4H3;3-4H,1-2H3;3-4H,1-2H3. The summed E-state index contributed by atoms with van der Waals surface area (Å²) in [4.78, 5) is 120. The van der Waals surface area contributed by atoms with Gasteiger partial charge in [0, 0.05) is 77.9 Å². The zero-order chi connectivity index (χ0) is 97.0. The second-order valence-corrected chi connectivity index (χ2v) is 37.4. The van der Waals surface area contributed by atoms with Crippen molar-refractivity contribution in [2.75, 3.05) is 0 Å². The third-order valence-electron chi connectivity index (χ3n) is 27.2. The van der Waals surface area contributed by atoms with Gasteiger partial charge in [0.05, 0.1) is 5.41 Å². The minimum Gasteiger partial charge on any atom is -0.295 e. The van der Waals surface area contributed by atoms with E-state index in [9.17, 15) is 47.9 Å². The average Bonchev–Trinajstić information content (AvgIpc) is 1.50. The number of fused-ring (bicyclic) bond motifs is 22. The fourth-order valence-corrected chi connectivity index (χ4v) is 20.0. The van der Waals surface area contributed by atoms with E-state index in [1.54, 1.807) is 26.0 Å². The first-order valence-electron chi connectivity index (χ1n) is 46.4. The Morgan fingerprint density at radius 2 is 0.489 bits per heavy atom. The summed E-state index contributed by atoms with van der Waals surface area (Å²) in [6.45, 7) is 30.2. The van der Waals surface area contributed by atoms with E-state index in [0.717, 1.165) is 146 Å². The van der Waals surface area contributed by atoms with Crippen molar-refractivity contribution in [1.29, 1.82) is 0 Å². The normalized spacial score (nSPS) is 13.4. The van der Waals surface area contributed by atoms with Crippen LogP contribution in [0.1, 0.15) is 242 Å². The molecule has 0 aromatic heterocycles. The molecule has 0 heterocycles. The number of aryl methyl sites for hydroxylation is 10.